The van der Waals surface area contributed by atoms with Crippen molar-refractivity contribution in [2.75, 3.05) is 21.2 Å². The lowest BCUT2D eigenvalue weighted by Crippen LogP contribution is -2.41. The predicted octanol–water partition coefficient (Wildman–Crippen LogP) is 2.66. The number of hydrogen-bond donors (Lipinski definition) is 1. The van der Waals surface area contributed by atoms with Gasteiger partial charge in [0.15, 0.2) is 0 Å². The summed E-state index contributed by atoms with van der Waals surface area (Å²) in [7, 11) is 6.03. The van der Waals surface area contributed by atoms with Crippen molar-refractivity contribution in [3.8, 4) is 5.75 Å². The lowest BCUT2D eigenvalue weighted by Gasteiger charge is -2.35. The van der Waals surface area contributed by atoms with Crippen LogP contribution in [0.25, 0.3) is 0 Å². The maximum absolute atomic E-state index is 5.20. The molecule has 2 atom stereocenters. The van der Waals surface area contributed by atoms with Gasteiger partial charge in [0.25, 0.3) is 0 Å². The van der Waals surface area contributed by atoms with E-state index in [1.165, 1.54) is 31.2 Å². The minimum atomic E-state index is 0.692. The Morgan fingerprint density at radius 3 is 2.63 bits per heavy atom. The smallest absolute Gasteiger partial charge is 0.118 e. The van der Waals surface area contributed by atoms with Crippen LogP contribution in [-0.4, -0.2) is 38.2 Å². The summed E-state index contributed by atoms with van der Waals surface area (Å²) in [6.45, 7) is 1.02. The van der Waals surface area contributed by atoms with Crippen LogP contribution >= 0.6 is 0 Å². The molecule has 0 amide bonds. The zero-order chi connectivity index (χ0) is 13.7. The van der Waals surface area contributed by atoms with Crippen molar-refractivity contribution in [1.29, 1.82) is 0 Å². The van der Waals surface area contributed by atoms with Gasteiger partial charge in [0, 0.05) is 18.6 Å². The molecule has 0 aliphatic heterocycles. The fraction of sp³-hybridized carbons (Fsp3) is 0.625. The van der Waals surface area contributed by atoms with Gasteiger partial charge < -0.3 is 10.1 Å². The van der Waals surface area contributed by atoms with Crippen LogP contribution in [0, 0.1) is 0 Å². The average molecular weight is 262 g/mol. The summed E-state index contributed by atoms with van der Waals surface area (Å²) in [4.78, 5) is 2.49. The van der Waals surface area contributed by atoms with Gasteiger partial charge in [-0.15, -0.1) is 0 Å². The molecule has 1 aromatic rings. The molecule has 19 heavy (non-hydrogen) atoms. The highest BCUT2D eigenvalue weighted by atomic mass is 16.5. The van der Waals surface area contributed by atoms with Gasteiger partial charge in [-0.05, 0) is 51.1 Å². The van der Waals surface area contributed by atoms with Crippen LogP contribution < -0.4 is 10.1 Å². The van der Waals surface area contributed by atoms with Crippen molar-refractivity contribution in [3.05, 3.63) is 29.8 Å². The molecule has 1 saturated carbocycles. The molecule has 1 aliphatic carbocycles. The predicted molar refractivity (Wildman–Crippen MR) is 79.6 cm³/mol. The molecule has 0 aromatic heterocycles. The number of nitrogens with zero attached hydrogens (tertiary/aromatic N) is 1. The lowest BCUT2D eigenvalue weighted by atomic mass is 9.90. The van der Waals surface area contributed by atoms with E-state index in [-0.39, 0.29) is 0 Å². The van der Waals surface area contributed by atoms with E-state index in [4.69, 9.17) is 4.74 Å². The monoisotopic (exact) mass is 262 g/mol. The molecule has 0 spiro atoms. The zero-order valence-electron chi connectivity index (χ0n) is 12.4. The lowest BCUT2D eigenvalue weighted by molar-refractivity contribution is 0.165. The fourth-order valence-electron chi connectivity index (χ4n) is 2.97. The SMILES string of the molecule is CNC1CCCC(N(C)Cc2ccc(OC)cc2)C1. The van der Waals surface area contributed by atoms with Gasteiger partial charge in [-0.1, -0.05) is 18.6 Å². The molecule has 1 fully saturated rings. The first kappa shape index (κ1) is 14.4. The summed E-state index contributed by atoms with van der Waals surface area (Å²) >= 11 is 0. The Morgan fingerprint density at radius 1 is 1.26 bits per heavy atom. The summed E-state index contributed by atoms with van der Waals surface area (Å²) in [5, 5.41) is 3.42. The first-order valence-electron chi connectivity index (χ1n) is 7.23. The van der Waals surface area contributed by atoms with Gasteiger partial charge in [0.2, 0.25) is 0 Å². The van der Waals surface area contributed by atoms with E-state index in [2.05, 4.69) is 36.4 Å². The Bertz CT molecular complexity index is 377. The number of ether oxygens (including phenoxy) is 1. The number of hydrogen-bond acceptors (Lipinski definition) is 3. The van der Waals surface area contributed by atoms with Gasteiger partial charge in [-0.2, -0.15) is 0 Å². The molecule has 1 aliphatic rings. The summed E-state index contributed by atoms with van der Waals surface area (Å²) in [5.41, 5.74) is 1.36. The highest BCUT2D eigenvalue weighted by Gasteiger charge is 2.23. The van der Waals surface area contributed by atoms with Gasteiger partial charge in [-0.25, -0.2) is 0 Å². The Morgan fingerprint density at radius 2 is 2.00 bits per heavy atom. The van der Waals surface area contributed by atoms with Gasteiger partial charge >= 0.3 is 0 Å². The maximum atomic E-state index is 5.20. The number of rotatable bonds is 5. The normalized spacial score (nSPS) is 23.6. The van der Waals surface area contributed by atoms with Crippen LogP contribution in [0.15, 0.2) is 24.3 Å². The molecule has 1 N–H and O–H groups in total. The molecule has 1 aromatic carbocycles. The third-order valence-corrected chi connectivity index (χ3v) is 4.27. The zero-order valence-corrected chi connectivity index (χ0v) is 12.4. The second kappa shape index (κ2) is 6.92. The second-order valence-corrected chi connectivity index (χ2v) is 5.57. The van der Waals surface area contributed by atoms with E-state index in [0.29, 0.717) is 12.1 Å². The first-order chi connectivity index (χ1) is 9.22. The molecular formula is C16H26N2O. The van der Waals surface area contributed by atoms with Crippen molar-refractivity contribution >= 4 is 0 Å². The highest BCUT2D eigenvalue weighted by Crippen LogP contribution is 2.23. The third kappa shape index (κ3) is 3.95. The van der Waals surface area contributed by atoms with Gasteiger partial charge in [0.05, 0.1) is 7.11 Å². The van der Waals surface area contributed by atoms with Gasteiger partial charge in [0.1, 0.15) is 5.75 Å². The standard InChI is InChI=1S/C16H26N2O/c1-17-14-5-4-6-15(11-14)18(2)12-13-7-9-16(19-3)10-8-13/h7-10,14-15,17H,4-6,11-12H2,1-3H3. The molecule has 106 valence electrons. The molecule has 3 nitrogen and oxygen atoms in total. The van der Waals surface area contributed by atoms with E-state index >= 15 is 0 Å². The maximum Gasteiger partial charge on any atom is 0.118 e. The Balaban J connectivity index is 1.90. The molecule has 0 saturated heterocycles. The molecule has 0 heterocycles. The molecule has 2 rings (SSSR count). The topological polar surface area (TPSA) is 24.5 Å². The molecular weight excluding hydrogens is 236 g/mol. The van der Waals surface area contributed by atoms with Crippen molar-refractivity contribution in [2.24, 2.45) is 0 Å². The van der Waals surface area contributed by atoms with Crippen molar-refractivity contribution < 1.29 is 4.74 Å². The average Bonchev–Trinajstić information content (AvgIpc) is 2.48. The largest absolute Gasteiger partial charge is 0.497 e. The molecule has 0 radical (unpaired) electrons. The number of benzene rings is 1. The number of methoxy groups -OCH3 is 1. The molecule has 0 bridgehead atoms. The molecule has 3 heteroatoms. The summed E-state index contributed by atoms with van der Waals surface area (Å²) in [6, 6.07) is 9.80. The van der Waals surface area contributed by atoms with Crippen molar-refractivity contribution in [3.63, 3.8) is 0 Å². The van der Waals surface area contributed by atoms with Crippen LogP contribution in [0.2, 0.25) is 0 Å². The Kier molecular flexibility index (Phi) is 5.23. The second-order valence-electron chi connectivity index (χ2n) is 5.57. The Hall–Kier alpha value is -1.06. The van der Waals surface area contributed by atoms with Crippen LogP contribution in [0.4, 0.5) is 0 Å². The summed E-state index contributed by atoms with van der Waals surface area (Å²) < 4.78 is 5.20. The van der Waals surface area contributed by atoms with Crippen LogP contribution in [-0.2, 0) is 6.54 Å². The minimum absolute atomic E-state index is 0.692. The number of nitrogens with one attached hydrogen (secondary N) is 1. The van der Waals surface area contributed by atoms with Gasteiger partial charge in [-0.3, -0.25) is 4.90 Å². The van der Waals surface area contributed by atoms with Crippen LogP contribution in [0.1, 0.15) is 31.2 Å². The van der Waals surface area contributed by atoms with Crippen LogP contribution in [0.5, 0.6) is 5.75 Å². The van der Waals surface area contributed by atoms with Crippen LogP contribution in [0.3, 0.4) is 0 Å². The van der Waals surface area contributed by atoms with E-state index < -0.39 is 0 Å². The van der Waals surface area contributed by atoms with Crippen molar-refractivity contribution in [2.45, 2.75) is 44.3 Å². The molecule has 2 unspecified atom stereocenters. The first-order valence-corrected chi connectivity index (χ1v) is 7.23. The quantitative estimate of drug-likeness (QED) is 0.883. The minimum Gasteiger partial charge on any atom is -0.497 e. The highest BCUT2D eigenvalue weighted by molar-refractivity contribution is 5.27. The van der Waals surface area contributed by atoms with E-state index in [1.54, 1.807) is 7.11 Å². The van der Waals surface area contributed by atoms with E-state index in [1.807, 2.05) is 12.1 Å². The fourth-order valence-corrected chi connectivity index (χ4v) is 2.97. The summed E-state index contributed by atoms with van der Waals surface area (Å²) in [6.07, 6.45) is 5.25. The summed E-state index contributed by atoms with van der Waals surface area (Å²) in [5.74, 6) is 0.930. The third-order valence-electron chi connectivity index (χ3n) is 4.27. The Labute approximate surface area is 116 Å². The van der Waals surface area contributed by atoms with Crippen molar-refractivity contribution in [1.82, 2.24) is 10.2 Å². The van der Waals surface area contributed by atoms with E-state index in [9.17, 15) is 0 Å². The van der Waals surface area contributed by atoms with E-state index in [0.717, 1.165) is 12.3 Å².